The van der Waals surface area contributed by atoms with Crippen LogP contribution in [0.4, 0.5) is 5.69 Å². The van der Waals surface area contributed by atoms with Crippen molar-refractivity contribution >= 4 is 57.5 Å². The molecule has 0 saturated carbocycles. The third-order valence-electron chi connectivity index (χ3n) is 4.11. The first-order valence-corrected chi connectivity index (χ1v) is 9.74. The van der Waals surface area contributed by atoms with Crippen molar-refractivity contribution in [1.82, 2.24) is 0 Å². The SMILES string of the molecule is Clc1cccc(N2N=C(c3cccs3)C[C@H]2c2ccc(Cl)cc2Cl)c1. The number of benzene rings is 2. The molecule has 0 N–H and O–H groups in total. The summed E-state index contributed by atoms with van der Waals surface area (Å²) in [5.74, 6) is 0. The molecule has 0 spiro atoms. The highest BCUT2D eigenvalue weighted by Crippen LogP contribution is 2.40. The Balaban J connectivity index is 1.79. The summed E-state index contributed by atoms with van der Waals surface area (Å²) in [6.45, 7) is 0. The standard InChI is InChI=1S/C19H13Cl3N2S/c20-12-3-1-4-14(9-12)24-18(15-7-6-13(21)10-16(15)22)11-17(23-24)19-5-2-8-25-19/h1-10,18H,11H2/t18-/m0/s1. The molecule has 0 unspecified atom stereocenters. The third-order valence-corrected chi connectivity index (χ3v) is 5.83. The predicted octanol–water partition coefficient (Wildman–Crippen LogP) is 7.06. The molecule has 6 heteroatoms. The Bertz CT molecular complexity index is 938. The van der Waals surface area contributed by atoms with Gasteiger partial charge in [-0.3, -0.25) is 5.01 Å². The van der Waals surface area contributed by atoms with Gasteiger partial charge >= 0.3 is 0 Å². The van der Waals surface area contributed by atoms with Gasteiger partial charge in [0.1, 0.15) is 0 Å². The molecule has 126 valence electrons. The second-order valence-electron chi connectivity index (χ2n) is 5.73. The minimum absolute atomic E-state index is 0.000309. The molecular weight excluding hydrogens is 395 g/mol. The van der Waals surface area contributed by atoms with E-state index in [9.17, 15) is 0 Å². The second kappa shape index (κ2) is 7.00. The van der Waals surface area contributed by atoms with E-state index in [0.717, 1.165) is 23.4 Å². The zero-order chi connectivity index (χ0) is 17.4. The van der Waals surface area contributed by atoms with Crippen molar-refractivity contribution in [3.63, 3.8) is 0 Å². The van der Waals surface area contributed by atoms with E-state index in [1.807, 2.05) is 47.5 Å². The number of hydrogen-bond acceptors (Lipinski definition) is 3. The smallest absolute Gasteiger partial charge is 0.0846 e. The molecule has 0 bridgehead atoms. The second-order valence-corrected chi connectivity index (χ2v) is 7.96. The molecule has 0 saturated heterocycles. The van der Waals surface area contributed by atoms with Gasteiger partial charge in [-0.25, -0.2) is 0 Å². The molecule has 0 fully saturated rings. The van der Waals surface area contributed by atoms with Crippen LogP contribution in [0, 0.1) is 0 Å². The molecule has 2 heterocycles. The molecule has 3 aromatic rings. The molecule has 0 radical (unpaired) electrons. The molecule has 1 aliphatic heterocycles. The van der Waals surface area contributed by atoms with Crippen molar-refractivity contribution in [2.24, 2.45) is 5.10 Å². The summed E-state index contributed by atoms with van der Waals surface area (Å²) in [6, 6.07) is 17.4. The van der Waals surface area contributed by atoms with Crippen molar-refractivity contribution in [2.45, 2.75) is 12.5 Å². The van der Waals surface area contributed by atoms with E-state index >= 15 is 0 Å². The summed E-state index contributed by atoms with van der Waals surface area (Å²) < 4.78 is 0. The lowest BCUT2D eigenvalue weighted by molar-refractivity contribution is 0.709. The van der Waals surface area contributed by atoms with E-state index in [1.54, 1.807) is 17.4 Å². The van der Waals surface area contributed by atoms with Crippen LogP contribution < -0.4 is 5.01 Å². The average Bonchev–Trinajstić information content (AvgIpc) is 3.24. The highest BCUT2D eigenvalue weighted by atomic mass is 35.5. The van der Waals surface area contributed by atoms with Crippen LogP contribution in [-0.2, 0) is 0 Å². The Morgan fingerprint density at radius 2 is 1.80 bits per heavy atom. The highest BCUT2D eigenvalue weighted by molar-refractivity contribution is 7.12. The van der Waals surface area contributed by atoms with E-state index in [0.29, 0.717) is 15.1 Å². The summed E-state index contributed by atoms with van der Waals surface area (Å²) >= 11 is 20.4. The first kappa shape index (κ1) is 16.9. The Morgan fingerprint density at radius 3 is 2.52 bits per heavy atom. The summed E-state index contributed by atoms with van der Waals surface area (Å²) in [7, 11) is 0. The number of hydrogen-bond donors (Lipinski definition) is 0. The quantitative estimate of drug-likeness (QED) is 0.453. The van der Waals surface area contributed by atoms with Crippen molar-refractivity contribution in [1.29, 1.82) is 0 Å². The minimum Gasteiger partial charge on any atom is -0.257 e. The minimum atomic E-state index is 0.000309. The lowest BCUT2D eigenvalue weighted by atomic mass is 10.0. The third kappa shape index (κ3) is 3.42. The van der Waals surface area contributed by atoms with Gasteiger partial charge in [-0.1, -0.05) is 53.0 Å². The summed E-state index contributed by atoms with van der Waals surface area (Å²) in [4.78, 5) is 1.17. The van der Waals surface area contributed by atoms with E-state index < -0.39 is 0 Å². The van der Waals surface area contributed by atoms with E-state index in [2.05, 4.69) is 11.4 Å². The van der Waals surface area contributed by atoms with Gasteiger partial charge < -0.3 is 0 Å². The average molecular weight is 408 g/mol. The Morgan fingerprint density at radius 1 is 0.960 bits per heavy atom. The van der Waals surface area contributed by atoms with Crippen LogP contribution in [0.2, 0.25) is 15.1 Å². The van der Waals surface area contributed by atoms with Gasteiger partial charge in [0, 0.05) is 21.5 Å². The van der Waals surface area contributed by atoms with Gasteiger partial charge in [0.05, 0.1) is 22.3 Å². The number of hydrazone groups is 1. The maximum absolute atomic E-state index is 6.48. The van der Waals surface area contributed by atoms with Gasteiger partial charge in [0.2, 0.25) is 0 Å². The fraction of sp³-hybridized carbons (Fsp3) is 0.105. The van der Waals surface area contributed by atoms with Gasteiger partial charge in [-0.2, -0.15) is 5.10 Å². The largest absolute Gasteiger partial charge is 0.257 e. The zero-order valence-electron chi connectivity index (χ0n) is 13.0. The number of nitrogens with zero attached hydrogens (tertiary/aromatic N) is 2. The van der Waals surface area contributed by atoms with Crippen LogP contribution >= 0.6 is 46.1 Å². The number of halogens is 3. The molecule has 0 amide bonds. The van der Waals surface area contributed by atoms with Crippen LogP contribution in [0.1, 0.15) is 22.9 Å². The zero-order valence-corrected chi connectivity index (χ0v) is 16.1. The van der Waals surface area contributed by atoms with Crippen molar-refractivity contribution < 1.29 is 0 Å². The lowest BCUT2D eigenvalue weighted by Gasteiger charge is -2.25. The maximum Gasteiger partial charge on any atom is 0.0846 e. The molecule has 2 aromatic carbocycles. The fourth-order valence-electron chi connectivity index (χ4n) is 2.97. The first-order chi connectivity index (χ1) is 12.1. The van der Waals surface area contributed by atoms with Crippen LogP contribution in [0.5, 0.6) is 0 Å². The molecule has 4 rings (SSSR count). The molecule has 1 atom stereocenters. The normalized spacial score (nSPS) is 17.0. The topological polar surface area (TPSA) is 15.6 Å². The number of rotatable bonds is 3. The Labute approximate surface area is 165 Å². The van der Waals surface area contributed by atoms with Crippen LogP contribution in [0.3, 0.4) is 0 Å². The lowest BCUT2D eigenvalue weighted by Crippen LogP contribution is -2.18. The summed E-state index contributed by atoms with van der Waals surface area (Å²) in [5.41, 5.74) is 2.99. The van der Waals surface area contributed by atoms with Gasteiger partial charge in [0.25, 0.3) is 0 Å². The molecule has 2 nitrogen and oxygen atoms in total. The number of anilines is 1. The maximum atomic E-state index is 6.48. The summed E-state index contributed by atoms with van der Waals surface area (Å²) in [5, 5.41) is 10.9. The van der Waals surface area contributed by atoms with Gasteiger partial charge in [-0.05, 0) is 47.3 Å². The molecular formula is C19H13Cl3N2S. The molecule has 0 aliphatic carbocycles. The van der Waals surface area contributed by atoms with E-state index in [1.165, 1.54) is 4.88 Å². The monoisotopic (exact) mass is 406 g/mol. The van der Waals surface area contributed by atoms with Crippen LogP contribution in [0.15, 0.2) is 65.1 Å². The van der Waals surface area contributed by atoms with Crippen molar-refractivity contribution in [3.8, 4) is 0 Å². The Hall–Kier alpha value is -1.52. The van der Waals surface area contributed by atoms with Crippen molar-refractivity contribution in [3.05, 3.63) is 85.5 Å². The summed E-state index contributed by atoms with van der Waals surface area (Å²) in [6.07, 6.45) is 0.772. The number of thiophene rings is 1. The predicted molar refractivity (Wildman–Crippen MR) is 109 cm³/mol. The molecule has 25 heavy (non-hydrogen) atoms. The first-order valence-electron chi connectivity index (χ1n) is 7.73. The molecule has 1 aromatic heterocycles. The highest BCUT2D eigenvalue weighted by Gasteiger charge is 2.31. The van der Waals surface area contributed by atoms with E-state index in [-0.39, 0.29) is 6.04 Å². The Kier molecular flexibility index (Phi) is 4.74. The molecule has 1 aliphatic rings. The van der Waals surface area contributed by atoms with Gasteiger partial charge in [0.15, 0.2) is 0 Å². The van der Waals surface area contributed by atoms with Crippen LogP contribution in [-0.4, -0.2) is 5.71 Å². The van der Waals surface area contributed by atoms with Crippen LogP contribution in [0.25, 0.3) is 0 Å². The van der Waals surface area contributed by atoms with Gasteiger partial charge in [-0.15, -0.1) is 11.3 Å². The fourth-order valence-corrected chi connectivity index (χ4v) is 4.41. The van der Waals surface area contributed by atoms with E-state index in [4.69, 9.17) is 39.9 Å². The van der Waals surface area contributed by atoms with Crippen molar-refractivity contribution in [2.75, 3.05) is 5.01 Å².